The summed E-state index contributed by atoms with van der Waals surface area (Å²) in [4.78, 5) is 15.3. The Morgan fingerprint density at radius 2 is 2.09 bits per heavy atom. The second-order valence-electron chi connectivity index (χ2n) is 5.52. The second-order valence-corrected chi connectivity index (χ2v) is 5.52. The van der Waals surface area contributed by atoms with E-state index >= 15 is 0 Å². The highest BCUT2D eigenvalue weighted by molar-refractivity contribution is 6.09. The summed E-state index contributed by atoms with van der Waals surface area (Å²) in [7, 11) is 0. The standard InChI is InChI=1S/C18H21N3O/c1-2-12-5-3-6-15-14-9-8-13(11-16(14)21-18(12)15)20-17(22)7-4-10-19/h3,5-6,8-9,11,21H,2,4,7,10,19H2,1H3,(H,20,22). The monoisotopic (exact) mass is 295 g/mol. The van der Waals surface area contributed by atoms with E-state index in [2.05, 4.69) is 41.5 Å². The highest BCUT2D eigenvalue weighted by Gasteiger charge is 2.08. The van der Waals surface area contributed by atoms with Crippen molar-refractivity contribution in [2.75, 3.05) is 11.9 Å². The molecule has 0 bridgehead atoms. The third kappa shape index (κ3) is 2.70. The van der Waals surface area contributed by atoms with Gasteiger partial charge in [0.2, 0.25) is 5.91 Å². The quantitative estimate of drug-likeness (QED) is 0.673. The number of hydrogen-bond donors (Lipinski definition) is 3. The summed E-state index contributed by atoms with van der Waals surface area (Å²) in [5, 5.41) is 5.34. The summed E-state index contributed by atoms with van der Waals surface area (Å²) in [6.07, 6.45) is 2.16. The van der Waals surface area contributed by atoms with Gasteiger partial charge in [0.1, 0.15) is 0 Å². The van der Waals surface area contributed by atoms with E-state index in [1.54, 1.807) is 0 Å². The SMILES string of the molecule is CCc1cccc2c1[nH]c1cc(NC(=O)CCCN)ccc12. The number of H-pyrrole nitrogens is 1. The maximum absolute atomic E-state index is 11.8. The summed E-state index contributed by atoms with van der Waals surface area (Å²) in [5.41, 5.74) is 9.79. The number of fused-ring (bicyclic) bond motifs is 3. The Hall–Kier alpha value is -2.33. The van der Waals surface area contributed by atoms with Crippen molar-refractivity contribution in [3.05, 3.63) is 42.0 Å². The van der Waals surface area contributed by atoms with Gasteiger partial charge >= 0.3 is 0 Å². The molecule has 4 nitrogen and oxygen atoms in total. The number of nitrogens with two attached hydrogens (primary N) is 1. The lowest BCUT2D eigenvalue weighted by atomic mass is 10.1. The number of para-hydroxylation sites is 1. The van der Waals surface area contributed by atoms with E-state index in [0.29, 0.717) is 19.4 Å². The van der Waals surface area contributed by atoms with Crippen LogP contribution in [0.15, 0.2) is 36.4 Å². The van der Waals surface area contributed by atoms with Crippen LogP contribution in [0, 0.1) is 0 Å². The summed E-state index contributed by atoms with van der Waals surface area (Å²) < 4.78 is 0. The fraction of sp³-hybridized carbons (Fsp3) is 0.278. The zero-order chi connectivity index (χ0) is 15.5. The van der Waals surface area contributed by atoms with Crippen LogP contribution in [0.5, 0.6) is 0 Å². The van der Waals surface area contributed by atoms with Crippen LogP contribution >= 0.6 is 0 Å². The maximum Gasteiger partial charge on any atom is 0.224 e. The molecule has 0 unspecified atom stereocenters. The number of carbonyl (C=O) groups excluding carboxylic acids is 1. The number of benzene rings is 2. The molecule has 1 aromatic heterocycles. The molecule has 3 rings (SSSR count). The predicted octanol–water partition coefficient (Wildman–Crippen LogP) is 3.56. The van der Waals surface area contributed by atoms with E-state index in [9.17, 15) is 4.79 Å². The third-order valence-electron chi connectivity index (χ3n) is 3.99. The van der Waals surface area contributed by atoms with Crippen molar-refractivity contribution in [3.63, 3.8) is 0 Å². The molecule has 0 aliphatic carbocycles. The molecule has 3 aromatic rings. The first-order valence-corrected chi connectivity index (χ1v) is 7.76. The van der Waals surface area contributed by atoms with Crippen molar-refractivity contribution < 1.29 is 4.79 Å². The highest BCUT2D eigenvalue weighted by atomic mass is 16.1. The molecule has 0 aliphatic rings. The van der Waals surface area contributed by atoms with Crippen LogP contribution in [-0.4, -0.2) is 17.4 Å². The lowest BCUT2D eigenvalue weighted by Gasteiger charge is -2.04. The Morgan fingerprint density at radius 3 is 2.86 bits per heavy atom. The molecule has 4 N–H and O–H groups in total. The van der Waals surface area contributed by atoms with Crippen LogP contribution in [0.3, 0.4) is 0 Å². The van der Waals surface area contributed by atoms with Crippen molar-refractivity contribution in [1.82, 2.24) is 4.98 Å². The van der Waals surface area contributed by atoms with Crippen LogP contribution in [0.1, 0.15) is 25.3 Å². The van der Waals surface area contributed by atoms with Crippen LogP contribution in [0.2, 0.25) is 0 Å². The summed E-state index contributed by atoms with van der Waals surface area (Å²) in [6.45, 7) is 2.69. The number of aromatic amines is 1. The van der Waals surface area contributed by atoms with Gasteiger partial charge in [-0.05, 0) is 37.1 Å². The normalized spacial score (nSPS) is 11.2. The number of hydrogen-bond acceptors (Lipinski definition) is 2. The van der Waals surface area contributed by atoms with Gasteiger partial charge in [0.05, 0.1) is 0 Å². The molecule has 0 fully saturated rings. The van der Waals surface area contributed by atoms with Crippen LogP contribution in [-0.2, 0) is 11.2 Å². The Balaban J connectivity index is 1.96. The van der Waals surface area contributed by atoms with Gasteiger partial charge in [0.15, 0.2) is 0 Å². The van der Waals surface area contributed by atoms with E-state index in [-0.39, 0.29) is 5.91 Å². The van der Waals surface area contributed by atoms with Crippen LogP contribution in [0.25, 0.3) is 21.8 Å². The van der Waals surface area contributed by atoms with Gasteiger partial charge in [-0.15, -0.1) is 0 Å². The van der Waals surface area contributed by atoms with Crippen molar-refractivity contribution >= 4 is 33.4 Å². The summed E-state index contributed by atoms with van der Waals surface area (Å²) in [5.74, 6) is 0.00941. The first kappa shape index (κ1) is 14.6. The molecular formula is C18H21N3O. The Morgan fingerprint density at radius 1 is 1.23 bits per heavy atom. The van der Waals surface area contributed by atoms with Crippen LogP contribution in [0.4, 0.5) is 5.69 Å². The number of aryl methyl sites for hydroxylation is 1. The molecule has 4 heteroatoms. The molecule has 0 aliphatic heterocycles. The number of amides is 1. The molecular weight excluding hydrogens is 274 g/mol. The topological polar surface area (TPSA) is 70.9 Å². The molecule has 0 atom stereocenters. The van der Waals surface area contributed by atoms with Gasteiger partial charge in [-0.1, -0.05) is 31.2 Å². The van der Waals surface area contributed by atoms with Gasteiger partial charge < -0.3 is 16.0 Å². The molecule has 0 spiro atoms. The number of carbonyl (C=O) groups is 1. The van der Waals surface area contributed by atoms with Gasteiger partial charge in [-0.2, -0.15) is 0 Å². The first-order chi connectivity index (χ1) is 10.7. The summed E-state index contributed by atoms with van der Waals surface area (Å²) in [6, 6.07) is 12.4. The third-order valence-corrected chi connectivity index (χ3v) is 3.99. The van der Waals surface area contributed by atoms with E-state index in [4.69, 9.17) is 5.73 Å². The maximum atomic E-state index is 11.8. The van der Waals surface area contributed by atoms with Crippen LogP contribution < -0.4 is 11.1 Å². The fourth-order valence-electron chi connectivity index (χ4n) is 2.85. The van der Waals surface area contributed by atoms with Gasteiger partial charge in [-0.3, -0.25) is 4.79 Å². The molecule has 2 aromatic carbocycles. The Labute approximate surface area is 129 Å². The number of aromatic nitrogens is 1. The molecule has 22 heavy (non-hydrogen) atoms. The summed E-state index contributed by atoms with van der Waals surface area (Å²) >= 11 is 0. The van der Waals surface area contributed by atoms with Crippen molar-refractivity contribution in [3.8, 4) is 0 Å². The first-order valence-electron chi connectivity index (χ1n) is 7.76. The highest BCUT2D eigenvalue weighted by Crippen LogP contribution is 2.29. The van der Waals surface area contributed by atoms with E-state index in [0.717, 1.165) is 17.6 Å². The van der Waals surface area contributed by atoms with E-state index in [1.807, 2.05) is 12.1 Å². The molecule has 0 radical (unpaired) electrons. The van der Waals surface area contributed by atoms with E-state index < -0.39 is 0 Å². The molecule has 114 valence electrons. The zero-order valence-corrected chi connectivity index (χ0v) is 12.8. The van der Waals surface area contributed by atoms with E-state index in [1.165, 1.54) is 21.9 Å². The molecule has 0 saturated carbocycles. The number of anilines is 1. The van der Waals surface area contributed by atoms with Crippen molar-refractivity contribution in [1.29, 1.82) is 0 Å². The number of nitrogens with one attached hydrogen (secondary N) is 2. The van der Waals surface area contributed by atoms with Gasteiger partial charge in [-0.25, -0.2) is 0 Å². The molecule has 1 amide bonds. The largest absolute Gasteiger partial charge is 0.354 e. The minimum atomic E-state index is 0.00941. The lowest BCUT2D eigenvalue weighted by Crippen LogP contribution is -2.13. The average molecular weight is 295 g/mol. The fourth-order valence-corrected chi connectivity index (χ4v) is 2.85. The van der Waals surface area contributed by atoms with Gasteiger partial charge in [0, 0.05) is 33.9 Å². The Bertz CT molecular complexity index is 820. The minimum absolute atomic E-state index is 0.00941. The van der Waals surface area contributed by atoms with Crippen molar-refractivity contribution in [2.45, 2.75) is 26.2 Å². The molecule has 0 saturated heterocycles. The molecule has 1 heterocycles. The number of rotatable bonds is 5. The van der Waals surface area contributed by atoms with Crippen molar-refractivity contribution in [2.24, 2.45) is 5.73 Å². The lowest BCUT2D eigenvalue weighted by molar-refractivity contribution is -0.116. The minimum Gasteiger partial charge on any atom is -0.354 e. The average Bonchev–Trinajstić information content (AvgIpc) is 2.90. The smallest absolute Gasteiger partial charge is 0.224 e. The second kappa shape index (κ2) is 6.20. The zero-order valence-electron chi connectivity index (χ0n) is 12.8. The Kier molecular flexibility index (Phi) is 4.11. The predicted molar refractivity (Wildman–Crippen MR) is 92.1 cm³/mol. The van der Waals surface area contributed by atoms with Gasteiger partial charge in [0.25, 0.3) is 0 Å².